The lowest BCUT2D eigenvalue weighted by molar-refractivity contribution is -0.107. The van der Waals surface area contributed by atoms with Gasteiger partial charge in [-0.1, -0.05) is 0 Å². The summed E-state index contributed by atoms with van der Waals surface area (Å²) in [6.07, 6.45) is 3.03. The normalized spacial score (nSPS) is 12.9. The monoisotopic (exact) mass is 175 g/mol. The molecule has 0 radical (unpaired) electrons. The fourth-order valence-corrected chi connectivity index (χ4v) is 1.48. The van der Waals surface area contributed by atoms with Crippen LogP contribution in [0.3, 0.4) is 0 Å². The third kappa shape index (κ3) is 2.08. The first-order chi connectivity index (χ1) is 4.83. The average Bonchev–Trinajstić information content (AvgIpc) is 2.40. The number of rotatable bonds is 3. The van der Waals surface area contributed by atoms with Crippen LogP contribution >= 0.6 is 23.1 Å². The Balaban J connectivity index is 2.47. The van der Waals surface area contributed by atoms with Gasteiger partial charge in [-0.15, -0.1) is 11.6 Å². The fraction of sp³-hybridized carbons (Fsp3) is 0.333. The second-order valence-corrected chi connectivity index (χ2v) is 3.31. The molecular formula is C6H6ClNOS. The summed E-state index contributed by atoms with van der Waals surface area (Å²) in [4.78, 5) is 11.1. The van der Waals surface area contributed by atoms with E-state index < -0.39 is 5.38 Å². The van der Waals surface area contributed by atoms with E-state index in [0.717, 1.165) is 11.2 Å². The first-order valence-electron chi connectivity index (χ1n) is 2.82. The number of aromatic nitrogens is 1. The van der Waals surface area contributed by atoms with E-state index >= 15 is 0 Å². The molecule has 0 saturated heterocycles. The van der Waals surface area contributed by atoms with Crippen molar-refractivity contribution in [2.45, 2.75) is 11.8 Å². The van der Waals surface area contributed by atoms with Crippen LogP contribution in [0.15, 0.2) is 12.3 Å². The number of alkyl halides is 1. The molecule has 0 amide bonds. The quantitative estimate of drug-likeness (QED) is 0.515. The van der Waals surface area contributed by atoms with E-state index in [9.17, 15) is 4.79 Å². The lowest BCUT2D eigenvalue weighted by Gasteiger charge is -1.94. The van der Waals surface area contributed by atoms with Crippen molar-refractivity contribution in [3.63, 3.8) is 0 Å². The van der Waals surface area contributed by atoms with Crippen LogP contribution in [0.5, 0.6) is 0 Å². The Bertz CT molecular complexity index is 200. The summed E-state index contributed by atoms with van der Waals surface area (Å²) in [5.74, 6) is 0. The lowest BCUT2D eigenvalue weighted by atomic mass is 10.3. The van der Waals surface area contributed by atoms with Gasteiger partial charge in [0.05, 0.1) is 5.38 Å². The first-order valence-corrected chi connectivity index (χ1v) is 4.03. The molecule has 0 fully saturated rings. The minimum Gasteiger partial charge on any atom is -0.302 e. The Morgan fingerprint density at radius 2 is 2.70 bits per heavy atom. The minimum absolute atomic E-state index is 0.402. The molecule has 0 aromatic carbocycles. The second kappa shape index (κ2) is 3.68. The number of nitrogens with zero attached hydrogens (tertiary/aromatic N) is 1. The molecule has 2 nitrogen and oxygen atoms in total. The third-order valence-corrected chi connectivity index (χ3v) is 2.06. The lowest BCUT2D eigenvalue weighted by Crippen LogP contribution is -2.02. The van der Waals surface area contributed by atoms with Crippen LogP contribution in [0, 0.1) is 0 Å². The van der Waals surface area contributed by atoms with Crippen LogP contribution in [0.25, 0.3) is 0 Å². The Morgan fingerprint density at radius 1 is 1.90 bits per heavy atom. The SMILES string of the molecule is O=CC(Cl)Cc1ccns1. The summed E-state index contributed by atoms with van der Waals surface area (Å²) in [5, 5.41) is -0.402. The summed E-state index contributed by atoms with van der Waals surface area (Å²) in [7, 11) is 0. The zero-order chi connectivity index (χ0) is 7.40. The van der Waals surface area contributed by atoms with Gasteiger partial charge in [0.1, 0.15) is 6.29 Å². The molecule has 0 aliphatic heterocycles. The molecule has 1 heterocycles. The number of carbonyl (C=O) groups excluding carboxylic acids is 1. The Labute approximate surface area is 68.0 Å². The molecular weight excluding hydrogens is 170 g/mol. The number of hydrogen-bond donors (Lipinski definition) is 0. The van der Waals surface area contributed by atoms with E-state index in [2.05, 4.69) is 4.37 Å². The maximum Gasteiger partial charge on any atom is 0.138 e. The van der Waals surface area contributed by atoms with Crippen molar-refractivity contribution in [3.05, 3.63) is 17.1 Å². The molecule has 10 heavy (non-hydrogen) atoms. The zero-order valence-electron chi connectivity index (χ0n) is 5.16. The van der Waals surface area contributed by atoms with Gasteiger partial charge in [-0.2, -0.15) is 0 Å². The van der Waals surface area contributed by atoms with Gasteiger partial charge in [-0.3, -0.25) is 0 Å². The van der Waals surface area contributed by atoms with Gasteiger partial charge in [-0.25, -0.2) is 4.37 Å². The van der Waals surface area contributed by atoms with Crippen molar-refractivity contribution in [2.24, 2.45) is 0 Å². The van der Waals surface area contributed by atoms with Crippen molar-refractivity contribution in [3.8, 4) is 0 Å². The Kier molecular flexibility index (Phi) is 2.83. The number of aldehydes is 1. The predicted octanol–water partition coefficient (Wildman–Crippen LogP) is 1.49. The molecule has 0 spiro atoms. The number of hydrogen-bond acceptors (Lipinski definition) is 3. The van der Waals surface area contributed by atoms with Crippen LogP contribution in [0.1, 0.15) is 4.88 Å². The predicted molar refractivity (Wildman–Crippen MR) is 41.5 cm³/mol. The Morgan fingerprint density at radius 3 is 3.20 bits per heavy atom. The van der Waals surface area contributed by atoms with Gasteiger partial charge in [0, 0.05) is 17.5 Å². The average molecular weight is 176 g/mol. The largest absolute Gasteiger partial charge is 0.302 e. The molecule has 0 saturated carbocycles. The molecule has 4 heteroatoms. The van der Waals surface area contributed by atoms with Crippen LogP contribution in [0.2, 0.25) is 0 Å². The highest BCUT2D eigenvalue weighted by Gasteiger charge is 2.03. The van der Waals surface area contributed by atoms with Crippen LogP contribution in [-0.4, -0.2) is 16.0 Å². The van der Waals surface area contributed by atoms with Crippen molar-refractivity contribution < 1.29 is 4.79 Å². The summed E-state index contributed by atoms with van der Waals surface area (Å²) in [5.41, 5.74) is 0. The topological polar surface area (TPSA) is 30.0 Å². The second-order valence-electron chi connectivity index (χ2n) is 1.83. The van der Waals surface area contributed by atoms with Crippen molar-refractivity contribution in [2.75, 3.05) is 0 Å². The molecule has 54 valence electrons. The summed E-state index contributed by atoms with van der Waals surface area (Å²) in [6.45, 7) is 0. The van der Waals surface area contributed by atoms with E-state index in [1.54, 1.807) is 6.20 Å². The molecule has 0 aliphatic carbocycles. The molecule has 1 aromatic heterocycles. The third-order valence-electron chi connectivity index (χ3n) is 1.04. The van der Waals surface area contributed by atoms with Gasteiger partial charge in [0.25, 0.3) is 0 Å². The van der Waals surface area contributed by atoms with E-state index in [0.29, 0.717) is 6.42 Å². The standard InChI is InChI=1S/C6H6ClNOS/c7-5(4-9)3-6-1-2-8-10-6/h1-2,4-5H,3H2. The van der Waals surface area contributed by atoms with Gasteiger partial charge in [0.2, 0.25) is 0 Å². The highest BCUT2D eigenvalue weighted by Crippen LogP contribution is 2.09. The van der Waals surface area contributed by atoms with E-state index in [1.165, 1.54) is 11.5 Å². The first kappa shape index (κ1) is 7.69. The van der Waals surface area contributed by atoms with Gasteiger partial charge in [-0.05, 0) is 17.6 Å². The van der Waals surface area contributed by atoms with Crippen molar-refractivity contribution in [1.29, 1.82) is 0 Å². The number of halogens is 1. The summed E-state index contributed by atoms with van der Waals surface area (Å²) >= 11 is 6.94. The molecule has 1 unspecified atom stereocenters. The van der Waals surface area contributed by atoms with Gasteiger partial charge >= 0.3 is 0 Å². The maximum atomic E-state index is 10.1. The molecule has 0 bridgehead atoms. The highest BCUT2D eigenvalue weighted by atomic mass is 35.5. The smallest absolute Gasteiger partial charge is 0.138 e. The van der Waals surface area contributed by atoms with Crippen LogP contribution in [-0.2, 0) is 11.2 Å². The number of carbonyl (C=O) groups is 1. The zero-order valence-corrected chi connectivity index (χ0v) is 6.73. The van der Waals surface area contributed by atoms with Crippen molar-refractivity contribution in [1.82, 2.24) is 4.37 Å². The Hall–Kier alpha value is -0.410. The highest BCUT2D eigenvalue weighted by molar-refractivity contribution is 7.05. The molecule has 0 aliphatic rings. The van der Waals surface area contributed by atoms with E-state index in [1.807, 2.05) is 6.07 Å². The van der Waals surface area contributed by atoms with Crippen LogP contribution in [0.4, 0.5) is 0 Å². The molecule has 1 atom stereocenters. The molecule has 0 N–H and O–H groups in total. The molecule has 1 rings (SSSR count). The minimum atomic E-state index is -0.402. The van der Waals surface area contributed by atoms with Gasteiger partial charge in [0.15, 0.2) is 0 Å². The van der Waals surface area contributed by atoms with Crippen molar-refractivity contribution >= 4 is 29.4 Å². The van der Waals surface area contributed by atoms with Crippen LogP contribution < -0.4 is 0 Å². The fourth-order valence-electron chi connectivity index (χ4n) is 0.588. The summed E-state index contributed by atoms with van der Waals surface area (Å²) in [6, 6.07) is 1.86. The van der Waals surface area contributed by atoms with E-state index in [4.69, 9.17) is 11.6 Å². The van der Waals surface area contributed by atoms with Gasteiger partial charge < -0.3 is 4.79 Å². The maximum absolute atomic E-state index is 10.1. The summed E-state index contributed by atoms with van der Waals surface area (Å²) < 4.78 is 3.88. The molecule has 1 aromatic rings. The van der Waals surface area contributed by atoms with E-state index in [-0.39, 0.29) is 0 Å².